The normalized spacial score (nSPS) is 15.1. The molecule has 3 heterocycles. The summed E-state index contributed by atoms with van der Waals surface area (Å²) in [5, 5.41) is 0.714. The van der Waals surface area contributed by atoms with Crippen molar-refractivity contribution < 1.29 is 17.4 Å². The van der Waals surface area contributed by atoms with Crippen LogP contribution < -0.4 is 9.62 Å². The lowest BCUT2D eigenvalue weighted by Crippen LogP contribution is -2.41. The molecule has 0 aliphatic carbocycles. The van der Waals surface area contributed by atoms with Crippen molar-refractivity contribution in [2.75, 3.05) is 31.1 Å². The van der Waals surface area contributed by atoms with E-state index in [0.29, 0.717) is 11.7 Å². The molecule has 0 saturated carbocycles. The summed E-state index contributed by atoms with van der Waals surface area (Å²) >= 11 is 1.19. The average Bonchev–Trinajstić information content (AvgIpc) is 3.59. The molecule has 4 aromatic rings. The van der Waals surface area contributed by atoms with Crippen LogP contribution in [0.15, 0.2) is 71.5 Å². The lowest BCUT2D eigenvalue weighted by molar-refractivity contribution is -0.521. The van der Waals surface area contributed by atoms with Crippen molar-refractivity contribution in [1.82, 2.24) is 19.3 Å². The van der Waals surface area contributed by atoms with Crippen molar-refractivity contribution in [2.24, 2.45) is 0 Å². The molecule has 198 valence electrons. The van der Waals surface area contributed by atoms with Gasteiger partial charge in [-0.3, -0.25) is 0 Å². The van der Waals surface area contributed by atoms with E-state index in [9.17, 15) is 12.8 Å². The van der Waals surface area contributed by atoms with E-state index < -0.39 is 16.1 Å². The Labute approximate surface area is 226 Å². The molecule has 1 unspecified atom stereocenters. The molecule has 1 atom stereocenters. The van der Waals surface area contributed by atoms with Crippen molar-refractivity contribution in [2.45, 2.75) is 30.1 Å². The number of benzene rings is 2. The number of rotatable bonds is 9. The summed E-state index contributed by atoms with van der Waals surface area (Å²) in [6, 6.07) is 13.9. The van der Waals surface area contributed by atoms with Gasteiger partial charge in [0.2, 0.25) is 0 Å². The number of nitrogens with one attached hydrogen (secondary N) is 1. The first-order chi connectivity index (χ1) is 18.3. The minimum Gasteiger partial charge on any atom is -0.335 e. The van der Waals surface area contributed by atoms with Crippen LogP contribution in [0.1, 0.15) is 24.1 Å². The summed E-state index contributed by atoms with van der Waals surface area (Å²) < 4.78 is 46.3. The Bertz CT molecular complexity index is 1500. The Balaban J connectivity index is 1.23. The van der Waals surface area contributed by atoms with Crippen LogP contribution in [0.2, 0.25) is 0 Å². The number of imidazole rings is 1. The van der Waals surface area contributed by atoms with Gasteiger partial charge in [-0.1, -0.05) is 47.7 Å². The van der Waals surface area contributed by atoms with Gasteiger partial charge in [0, 0.05) is 12.6 Å². The predicted octanol–water partition coefficient (Wildman–Crippen LogP) is 3.96. The van der Waals surface area contributed by atoms with E-state index >= 15 is 0 Å². The molecule has 1 saturated heterocycles. The van der Waals surface area contributed by atoms with Gasteiger partial charge in [0.05, 0.1) is 37.5 Å². The summed E-state index contributed by atoms with van der Waals surface area (Å²) in [5.41, 5.74) is 3.85. The monoisotopic (exact) mass is 553 g/mol. The zero-order valence-electron chi connectivity index (χ0n) is 21.1. The van der Waals surface area contributed by atoms with Gasteiger partial charge >= 0.3 is 0 Å². The van der Waals surface area contributed by atoms with Crippen molar-refractivity contribution >= 4 is 33.2 Å². The van der Waals surface area contributed by atoms with Crippen LogP contribution in [0.25, 0.3) is 11.3 Å². The highest BCUT2D eigenvalue weighted by molar-refractivity contribution is 7.91. The van der Waals surface area contributed by atoms with Gasteiger partial charge in [-0.25, -0.2) is 32.1 Å². The van der Waals surface area contributed by atoms with E-state index in [2.05, 4.69) is 30.9 Å². The topological polar surface area (TPSA) is 83.1 Å². The number of thiazole rings is 1. The number of piperazine rings is 1. The van der Waals surface area contributed by atoms with Crippen LogP contribution in [0.4, 0.5) is 9.52 Å². The lowest BCUT2D eigenvalue weighted by atomic mass is 10.1. The highest BCUT2D eigenvalue weighted by Crippen LogP contribution is 2.28. The average molecular weight is 554 g/mol. The molecule has 11 heteroatoms. The smallest absolute Gasteiger partial charge is 0.252 e. The number of sulfonamides is 1. The Morgan fingerprint density at radius 1 is 1.11 bits per heavy atom. The fraction of sp³-hybridized carbons (Fsp3) is 0.296. The van der Waals surface area contributed by atoms with Crippen LogP contribution in [0.5, 0.6) is 0 Å². The second-order valence-corrected chi connectivity index (χ2v) is 12.3. The molecule has 1 N–H and O–H groups in total. The van der Waals surface area contributed by atoms with E-state index in [1.807, 2.05) is 42.0 Å². The Morgan fingerprint density at radius 2 is 1.82 bits per heavy atom. The Hall–Kier alpha value is -3.41. The molecule has 1 aliphatic heterocycles. The highest BCUT2D eigenvalue weighted by Gasteiger charge is 2.25. The van der Waals surface area contributed by atoms with Crippen LogP contribution >= 0.6 is 11.3 Å². The third-order valence-corrected chi connectivity index (χ3v) is 9.75. The molecule has 2 aromatic carbocycles. The maximum absolute atomic E-state index is 13.2. The molecular formula is C27H30FN6O2S2+. The Kier molecular flexibility index (Phi) is 7.68. The van der Waals surface area contributed by atoms with Crippen LogP contribution in [-0.4, -0.2) is 60.4 Å². The molecule has 8 nitrogen and oxygen atoms in total. The quantitative estimate of drug-likeness (QED) is 0.317. The van der Waals surface area contributed by atoms with E-state index in [1.54, 1.807) is 18.5 Å². The third kappa shape index (κ3) is 6.01. The van der Waals surface area contributed by atoms with Crippen molar-refractivity contribution in [3.05, 3.63) is 84.2 Å². The van der Waals surface area contributed by atoms with Crippen molar-refractivity contribution in [1.29, 1.82) is 0 Å². The number of anilines is 1. The molecule has 38 heavy (non-hydrogen) atoms. The molecule has 1 fully saturated rings. The number of aromatic nitrogens is 3. The largest absolute Gasteiger partial charge is 0.335 e. The molecule has 0 radical (unpaired) electrons. The van der Waals surface area contributed by atoms with E-state index in [0.717, 1.165) is 55.0 Å². The van der Waals surface area contributed by atoms with Gasteiger partial charge in [-0.05, 0) is 42.2 Å². The first-order valence-corrected chi connectivity index (χ1v) is 14.7. The zero-order chi connectivity index (χ0) is 26.7. The Morgan fingerprint density at radius 3 is 2.53 bits per heavy atom. The van der Waals surface area contributed by atoms with E-state index in [1.165, 1.54) is 29.7 Å². The molecule has 0 spiro atoms. The zero-order valence-corrected chi connectivity index (χ0v) is 22.8. The number of halogens is 1. The van der Waals surface area contributed by atoms with Gasteiger partial charge < -0.3 is 9.47 Å². The maximum Gasteiger partial charge on any atom is 0.252 e. The van der Waals surface area contributed by atoms with Gasteiger partial charge in [-0.15, -0.1) is 0 Å². The first-order valence-electron chi connectivity index (χ1n) is 12.4. The number of hydrogen-bond donors (Lipinski definition) is 1. The van der Waals surface area contributed by atoms with Crippen LogP contribution in [0.3, 0.4) is 0 Å². The van der Waals surface area contributed by atoms with Crippen LogP contribution in [-0.2, 0) is 23.0 Å². The van der Waals surface area contributed by atoms with Crippen molar-refractivity contribution in [3.63, 3.8) is 0 Å². The maximum atomic E-state index is 13.2. The fourth-order valence-electron chi connectivity index (χ4n) is 4.40. The molecule has 2 aromatic heterocycles. The SMILES string of the molecule is C=[N+]1CCN(c2ncc(S(=O)(=O)NC(C)c3ccc(-c4cncn4CCc4ccc(F)cc4)cc3)s2)CC1. The minimum atomic E-state index is -3.71. The molecule has 0 bridgehead atoms. The molecule has 5 rings (SSSR count). The number of nitrogens with zero attached hydrogens (tertiary/aromatic N) is 5. The summed E-state index contributed by atoms with van der Waals surface area (Å²) in [7, 11) is -3.71. The van der Waals surface area contributed by atoms with Crippen molar-refractivity contribution in [3.8, 4) is 11.3 Å². The standard InChI is InChI=1S/C27H30FN6O2S2/c1-20(31-38(35,36)26-18-30-27(37-26)33-15-13-32(2)14-16-33)22-5-7-23(8-6-22)25-17-29-19-34(25)12-11-21-3-9-24(28)10-4-21/h3-10,17-20,31H,2,11-16H2,1H3/q+1. The summed E-state index contributed by atoms with van der Waals surface area (Å²) in [4.78, 5) is 10.8. The molecular weight excluding hydrogens is 523 g/mol. The van der Waals surface area contributed by atoms with Gasteiger partial charge in [-0.2, -0.15) is 0 Å². The van der Waals surface area contributed by atoms with Crippen LogP contribution in [0, 0.1) is 5.82 Å². The summed E-state index contributed by atoms with van der Waals surface area (Å²) in [6.07, 6.45) is 5.78. The summed E-state index contributed by atoms with van der Waals surface area (Å²) in [5.74, 6) is -0.242. The lowest BCUT2D eigenvalue weighted by Gasteiger charge is -2.23. The first kappa shape index (κ1) is 26.2. The third-order valence-electron chi connectivity index (χ3n) is 6.69. The van der Waals surface area contributed by atoms with Gasteiger partial charge in [0.25, 0.3) is 10.0 Å². The van der Waals surface area contributed by atoms with E-state index in [-0.39, 0.29) is 10.0 Å². The second kappa shape index (κ2) is 11.1. The second-order valence-electron chi connectivity index (χ2n) is 9.38. The van der Waals surface area contributed by atoms with E-state index in [4.69, 9.17) is 0 Å². The molecule has 0 amide bonds. The highest BCUT2D eigenvalue weighted by atomic mass is 32.2. The number of hydrogen-bond acceptors (Lipinski definition) is 6. The van der Waals surface area contributed by atoms with Gasteiger partial charge in [0.1, 0.15) is 12.5 Å². The summed E-state index contributed by atoms with van der Waals surface area (Å²) in [6.45, 7) is 9.68. The fourth-order valence-corrected chi connectivity index (χ4v) is 6.82. The predicted molar refractivity (Wildman–Crippen MR) is 148 cm³/mol. The molecule has 1 aliphatic rings. The van der Waals surface area contributed by atoms with Gasteiger partial charge in [0.15, 0.2) is 22.4 Å². The minimum absolute atomic E-state index is 0.207. The number of aryl methyl sites for hydroxylation is 2.